The Labute approximate surface area is 128 Å². The molecule has 4 nitrogen and oxygen atoms in total. The molecule has 0 fully saturated rings. The molecule has 3 heterocycles. The largest absolute Gasteiger partial charge is 0.368 e. The number of hydrogen-bond donors (Lipinski definition) is 2. The maximum Gasteiger partial charge on any atom is 0.137 e. The molecule has 0 bridgehead atoms. The minimum Gasteiger partial charge on any atom is -0.368 e. The molecule has 4 rings (SSSR count). The van der Waals surface area contributed by atoms with Gasteiger partial charge in [0.1, 0.15) is 12.7 Å². The SMILES string of the molecule is c1cc[nH]c1.c1ccccc1.c1ccsc1.c1nc[nH]n1. The van der Waals surface area contributed by atoms with Crippen molar-refractivity contribution in [2.75, 3.05) is 0 Å². The van der Waals surface area contributed by atoms with E-state index in [1.807, 2.05) is 83.8 Å². The van der Waals surface area contributed by atoms with E-state index in [1.54, 1.807) is 11.3 Å². The van der Waals surface area contributed by atoms with E-state index in [0.29, 0.717) is 0 Å². The van der Waals surface area contributed by atoms with Gasteiger partial charge in [-0.2, -0.15) is 16.4 Å². The van der Waals surface area contributed by atoms with Crippen LogP contribution >= 0.6 is 11.3 Å². The van der Waals surface area contributed by atoms with Crippen LogP contribution in [0.15, 0.2) is 96.5 Å². The van der Waals surface area contributed by atoms with Gasteiger partial charge in [0, 0.05) is 12.4 Å². The Morgan fingerprint density at radius 1 is 0.667 bits per heavy atom. The predicted octanol–water partition coefficient (Wildman–Crippen LogP) is 4.25. The Morgan fingerprint density at radius 3 is 1.43 bits per heavy atom. The van der Waals surface area contributed by atoms with Crippen LogP contribution in [0.1, 0.15) is 0 Å². The highest BCUT2D eigenvalue weighted by atomic mass is 32.1. The Balaban J connectivity index is 0.000000140. The highest BCUT2D eigenvalue weighted by molar-refractivity contribution is 7.07. The third-order valence-electron chi connectivity index (χ3n) is 1.92. The van der Waals surface area contributed by atoms with Gasteiger partial charge < -0.3 is 4.98 Å². The fraction of sp³-hybridized carbons (Fsp3) is 0. The molecular weight excluding hydrogens is 280 g/mol. The zero-order chi connectivity index (χ0) is 14.8. The molecule has 0 aliphatic rings. The van der Waals surface area contributed by atoms with Gasteiger partial charge in [0.15, 0.2) is 0 Å². The standard InChI is InChI=1S/C6H6.C4H5N.C4H4S.C2H3N3/c1-2-4-6-5-3-1;2*1-2-4-5-3-1;1-3-2-5-4-1/h1-6H;1-5H;1-4H;1-2H,(H,3,4,5). The lowest BCUT2D eigenvalue weighted by atomic mass is 10.4. The first-order valence-corrected chi connectivity index (χ1v) is 7.28. The minimum absolute atomic E-state index is 1.44. The van der Waals surface area contributed by atoms with E-state index in [1.165, 1.54) is 12.7 Å². The fourth-order valence-corrected chi connectivity index (χ4v) is 1.51. The molecule has 0 aliphatic heterocycles. The minimum atomic E-state index is 1.44. The van der Waals surface area contributed by atoms with Crippen LogP contribution in [0.25, 0.3) is 0 Å². The predicted molar refractivity (Wildman–Crippen MR) is 87.9 cm³/mol. The van der Waals surface area contributed by atoms with Crippen molar-refractivity contribution in [3.63, 3.8) is 0 Å². The molecule has 0 aliphatic carbocycles. The molecule has 0 saturated carbocycles. The number of hydrogen-bond acceptors (Lipinski definition) is 3. The molecule has 4 aromatic rings. The molecule has 0 spiro atoms. The number of aromatic amines is 2. The van der Waals surface area contributed by atoms with Crippen LogP contribution in [0.2, 0.25) is 0 Å². The van der Waals surface area contributed by atoms with Gasteiger partial charge in [-0.3, -0.25) is 5.10 Å². The van der Waals surface area contributed by atoms with Crippen LogP contribution in [0, 0.1) is 0 Å². The number of nitrogens with one attached hydrogen (secondary N) is 2. The first-order valence-electron chi connectivity index (χ1n) is 6.34. The number of benzene rings is 1. The summed E-state index contributed by atoms with van der Waals surface area (Å²) in [6.07, 6.45) is 6.71. The number of aromatic nitrogens is 4. The van der Waals surface area contributed by atoms with Gasteiger partial charge in [0.05, 0.1) is 0 Å². The number of thiophene rings is 1. The molecule has 108 valence electrons. The summed E-state index contributed by atoms with van der Waals surface area (Å²) < 4.78 is 0. The smallest absolute Gasteiger partial charge is 0.137 e. The molecule has 21 heavy (non-hydrogen) atoms. The van der Waals surface area contributed by atoms with Gasteiger partial charge in [-0.25, -0.2) is 4.98 Å². The van der Waals surface area contributed by atoms with Gasteiger partial charge in [0.25, 0.3) is 0 Å². The van der Waals surface area contributed by atoms with Crippen LogP contribution < -0.4 is 0 Å². The van der Waals surface area contributed by atoms with Crippen molar-refractivity contribution < 1.29 is 0 Å². The Morgan fingerprint density at radius 2 is 1.24 bits per heavy atom. The Hall–Kier alpha value is -2.66. The summed E-state index contributed by atoms with van der Waals surface area (Å²) >= 11 is 1.71. The summed E-state index contributed by atoms with van der Waals surface area (Å²) in [4.78, 5) is 6.42. The van der Waals surface area contributed by atoms with Gasteiger partial charge in [0.2, 0.25) is 0 Å². The lowest BCUT2D eigenvalue weighted by Crippen LogP contribution is -1.53. The average molecular weight is 298 g/mol. The van der Waals surface area contributed by atoms with Crippen molar-refractivity contribution in [1.29, 1.82) is 0 Å². The molecule has 0 saturated heterocycles. The van der Waals surface area contributed by atoms with Crippen molar-refractivity contribution in [2.24, 2.45) is 0 Å². The molecule has 2 N–H and O–H groups in total. The van der Waals surface area contributed by atoms with E-state index < -0.39 is 0 Å². The fourth-order valence-electron chi connectivity index (χ4n) is 1.06. The second kappa shape index (κ2) is 13.8. The highest BCUT2D eigenvalue weighted by Gasteiger charge is 1.59. The highest BCUT2D eigenvalue weighted by Crippen LogP contribution is 1.91. The zero-order valence-corrected chi connectivity index (χ0v) is 12.4. The first kappa shape index (κ1) is 16.4. The summed E-state index contributed by atoms with van der Waals surface area (Å²) in [7, 11) is 0. The van der Waals surface area contributed by atoms with Crippen LogP contribution in [0.4, 0.5) is 0 Å². The lowest BCUT2D eigenvalue weighted by Gasteiger charge is -1.69. The summed E-state index contributed by atoms with van der Waals surface area (Å²) in [6, 6.07) is 19.9. The molecule has 0 radical (unpaired) electrons. The average Bonchev–Trinajstić information content (AvgIpc) is 3.38. The molecule has 0 amide bonds. The summed E-state index contributed by atoms with van der Waals surface area (Å²) in [6.45, 7) is 0. The first-order chi connectivity index (χ1) is 10.5. The second-order valence-corrected chi connectivity index (χ2v) is 4.30. The van der Waals surface area contributed by atoms with Crippen molar-refractivity contribution in [3.05, 3.63) is 96.5 Å². The monoisotopic (exact) mass is 298 g/mol. The van der Waals surface area contributed by atoms with Gasteiger partial charge in [-0.05, 0) is 22.9 Å². The van der Waals surface area contributed by atoms with E-state index in [9.17, 15) is 0 Å². The van der Waals surface area contributed by atoms with Crippen LogP contribution in [0.5, 0.6) is 0 Å². The van der Waals surface area contributed by atoms with Crippen molar-refractivity contribution in [2.45, 2.75) is 0 Å². The summed E-state index contributed by atoms with van der Waals surface area (Å²) in [5.41, 5.74) is 0. The molecule has 1 aromatic carbocycles. The summed E-state index contributed by atoms with van der Waals surface area (Å²) in [5, 5.41) is 10.1. The van der Waals surface area contributed by atoms with Gasteiger partial charge in [-0.1, -0.05) is 48.5 Å². The summed E-state index contributed by atoms with van der Waals surface area (Å²) in [5.74, 6) is 0. The Kier molecular flexibility index (Phi) is 10.7. The number of nitrogens with zero attached hydrogens (tertiary/aromatic N) is 2. The molecule has 0 atom stereocenters. The maximum atomic E-state index is 3.56. The normalized spacial score (nSPS) is 8.00. The molecular formula is C16H18N4S. The number of H-pyrrole nitrogens is 2. The topological polar surface area (TPSA) is 57.4 Å². The third-order valence-corrected chi connectivity index (χ3v) is 2.55. The third kappa shape index (κ3) is 12.1. The van der Waals surface area contributed by atoms with Gasteiger partial charge >= 0.3 is 0 Å². The van der Waals surface area contributed by atoms with E-state index in [0.717, 1.165) is 0 Å². The van der Waals surface area contributed by atoms with Crippen LogP contribution in [-0.4, -0.2) is 20.2 Å². The second-order valence-electron chi connectivity index (χ2n) is 3.48. The lowest BCUT2D eigenvalue weighted by molar-refractivity contribution is 1.09. The maximum absolute atomic E-state index is 3.56. The molecule has 3 aromatic heterocycles. The van der Waals surface area contributed by atoms with Gasteiger partial charge in [-0.15, -0.1) is 0 Å². The van der Waals surface area contributed by atoms with E-state index in [2.05, 4.69) is 20.2 Å². The van der Waals surface area contributed by atoms with Crippen molar-refractivity contribution in [1.82, 2.24) is 20.2 Å². The van der Waals surface area contributed by atoms with E-state index in [-0.39, 0.29) is 0 Å². The zero-order valence-electron chi connectivity index (χ0n) is 11.5. The Bertz CT molecular complexity index is 419. The van der Waals surface area contributed by atoms with Crippen LogP contribution in [0.3, 0.4) is 0 Å². The molecule has 5 heteroatoms. The molecule has 0 unspecified atom stereocenters. The van der Waals surface area contributed by atoms with E-state index >= 15 is 0 Å². The van der Waals surface area contributed by atoms with Crippen LogP contribution in [-0.2, 0) is 0 Å². The van der Waals surface area contributed by atoms with E-state index in [4.69, 9.17) is 0 Å². The quantitative estimate of drug-likeness (QED) is 0.510. The number of rotatable bonds is 0. The van der Waals surface area contributed by atoms with Crippen molar-refractivity contribution in [3.8, 4) is 0 Å². The van der Waals surface area contributed by atoms with Crippen molar-refractivity contribution >= 4 is 11.3 Å².